The summed E-state index contributed by atoms with van der Waals surface area (Å²) in [4.78, 5) is 0. The zero-order valence-corrected chi connectivity index (χ0v) is 11.8. The molecule has 0 bridgehead atoms. The van der Waals surface area contributed by atoms with Gasteiger partial charge in [-0.2, -0.15) is 5.10 Å². The van der Waals surface area contributed by atoms with Crippen LogP contribution in [0.5, 0.6) is 0 Å². The van der Waals surface area contributed by atoms with Crippen LogP contribution in [-0.4, -0.2) is 17.9 Å². The first-order valence-corrected chi connectivity index (χ1v) is 6.76. The fourth-order valence-electron chi connectivity index (χ4n) is 1.47. The molecule has 0 saturated carbocycles. The Balaban J connectivity index is 2.30. The van der Waals surface area contributed by atoms with Gasteiger partial charge in [0.05, 0.1) is 0 Å². The van der Waals surface area contributed by atoms with E-state index in [9.17, 15) is 0 Å². The molecule has 0 amide bonds. The van der Waals surface area contributed by atoms with Crippen molar-refractivity contribution in [1.29, 1.82) is 0 Å². The number of benzene rings is 1. The third kappa shape index (κ3) is 5.77. The van der Waals surface area contributed by atoms with Gasteiger partial charge in [-0.25, -0.2) is 0 Å². The number of hydrazone groups is 1. The smallest absolute Gasteiger partial charge is 0.186 e. The molecule has 0 saturated heterocycles. The Labute approximate surface area is 115 Å². The topological polar surface area (TPSA) is 36.4 Å². The van der Waals surface area contributed by atoms with E-state index in [1.165, 1.54) is 5.56 Å². The number of rotatable bonds is 6. The molecule has 0 aliphatic carbocycles. The van der Waals surface area contributed by atoms with E-state index >= 15 is 0 Å². The molecule has 0 aliphatic rings. The minimum Gasteiger partial charge on any atom is -0.361 e. The van der Waals surface area contributed by atoms with Crippen LogP contribution in [0.4, 0.5) is 0 Å². The second-order valence-electron chi connectivity index (χ2n) is 4.20. The van der Waals surface area contributed by atoms with Gasteiger partial charge in [0.15, 0.2) is 5.11 Å². The number of hydrogen-bond acceptors (Lipinski definition) is 2. The molecular formula is C14H21N3S. The van der Waals surface area contributed by atoms with Crippen LogP contribution in [0.25, 0.3) is 0 Å². The summed E-state index contributed by atoms with van der Waals surface area (Å²) in [5, 5.41) is 7.83. The maximum Gasteiger partial charge on any atom is 0.186 e. The summed E-state index contributed by atoms with van der Waals surface area (Å²) in [6, 6.07) is 10.3. The standard InChI is InChI=1S/C14H21N3S/c1-3-4-10-15-14(18)17-16-11-12(2)13-8-6-5-7-9-13/h5-9,11-12H,3-4,10H2,1-2H3,(H2,15,17,18)/b16-11-/t12-/m0/s1. The maximum absolute atomic E-state index is 5.10. The van der Waals surface area contributed by atoms with Gasteiger partial charge < -0.3 is 5.32 Å². The van der Waals surface area contributed by atoms with E-state index in [-0.39, 0.29) is 5.92 Å². The molecule has 3 nitrogen and oxygen atoms in total. The average molecular weight is 263 g/mol. The summed E-state index contributed by atoms with van der Waals surface area (Å²) < 4.78 is 0. The van der Waals surface area contributed by atoms with Crippen molar-refractivity contribution in [2.24, 2.45) is 5.10 Å². The Morgan fingerprint density at radius 3 is 2.78 bits per heavy atom. The molecule has 0 heterocycles. The van der Waals surface area contributed by atoms with E-state index in [4.69, 9.17) is 12.2 Å². The van der Waals surface area contributed by atoms with Crippen LogP contribution in [0.15, 0.2) is 35.4 Å². The summed E-state index contributed by atoms with van der Waals surface area (Å²) in [7, 11) is 0. The molecular weight excluding hydrogens is 242 g/mol. The van der Waals surface area contributed by atoms with Gasteiger partial charge in [0.25, 0.3) is 0 Å². The molecule has 98 valence electrons. The fraction of sp³-hybridized carbons (Fsp3) is 0.429. The van der Waals surface area contributed by atoms with Gasteiger partial charge in [-0.1, -0.05) is 50.6 Å². The molecule has 18 heavy (non-hydrogen) atoms. The molecule has 1 aromatic carbocycles. The predicted octanol–water partition coefficient (Wildman–Crippen LogP) is 3.04. The quantitative estimate of drug-likeness (QED) is 0.358. The third-order valence-electron chi connectivity index (χ3n) is 2.61. The Morgan fingerprint density at radius 1 is 1.39 bits per heavy atom. The minimum atomic E-state index is 0.275. The van der Waals surface area contributed by atoms with Crippen molar-refractivity contribution in [3.05, 3.63) is 35.9 Å². The summed E-state index contributed by atoms with van der Waals surface area (Å²) in [6.07, 6.45) is 4.14. The Bertz CT molecular complexity index is 376. The van der Waals surface area contributed by atoms with E-state index < -0.39 is 0 Å². The Morgan fingerprint density at radius 2 is 2.11 bits per heavy atom. The fourth-order valence-corrected chi connectivity index (χ4v) is 1.62. The van der Waals surface area contributed by atoms with Gasteiger partial charge in [-0.3, -0.25) is 5.43 Å². The molecule has 0 radical (unpaired) electrons. The molecule has 1 atom stereocenters. The minimum absolute atomic E-state index is 0.275. The number of nitrogens with one attached hydrogen (secondary N) is 2. The molecule has 1 rings (SSSR count). The molecule has 0 unspecified atom stereocenters. The maximum atomic E-state index is 5.10. The highest BCUT2D eigenvalue weighted by Gasteiger charge is 2.00. The van der Waals surface area contributed by atoms with Crippen LogP contribution in [0, 0.1) is 0 Å². The summed E-state index contributed by atoms with van der Waals surface area (Å²) in [6.45, 7) is 5.15. The van der Waals surface area contributed by atoms with Crippen LogP contribution in [-0.2, 0) is 0 Å². The van der Waals surface area contributed by atoms with Crippen molar-refractivity contribution in [2.45, 2.75) is 32.6 Å². The second kappa shape index (κ2) is 8.64. The largest absolute Gasteiger partial charge is 0.361 e. The van der Waals surface area contributed by atoms with E-state index in [0.29, 0.717) is 5.11 Å². The first kappa shape index (κ1) is 14.6. The normalized spacial score (nSPS) is 12.3. The number of nitrogens with zero attached hydrogens (tertiary/aromatic N) is 1. The van der Waals surface area contributed by atoms with Gasteiger partial charge in [-0.05, 0) is 24.2 Å². The highest BCUT2D eigenvalue weighted by Crippen LogP contribution is 2.11. The summed E-state index contributed by atoms with van der Waals surface area (Å²) in [5.74, 6) is 0.275. The highest BCUT2D eigenvalue weighted by molar-refractivity contribution is 7.80. The lowest BCUT2D eigenvalue weighted by Gasteiger charge is -2.07. The van der Waals surface area contributed by atoms with E-state index in [0.717, 1.165) is 19.4 Å². The molecule has 0 fully saturated rings. The van der Waals surface area contributed by atoms with Gasteiger partial charge in [0.2, 0.25) is 0 Å². The highest BCUT2D eigenvalue weighted by atomic mass is 32.1. The Kier molecular flexibility index (Phi) is 7.03. The molecule has 0 aliphatic heterocycles. The number of thiocarbonyl (C=S) groups is 1. The summed E-state index contributed by atoms with van der Waals surface area (Å²) >= 11 is 5.10. The predicted molar refractivity (Wildman–Crippen MR) is 82.0 cm³/mol. The van der Waals surface area contributed by atoms with Gasteiger partial charge in [0, 0.05) is 18.7 Å². The lowest BCUT2D eigenvalue weighted by molar-refractivity contribution is 0.744. The van der Waals surface area contributed by atoms with E-state index in [1.54, 1.807) is 0 Å². The van der Waals surface area contributed by atoms with Crippen molar-refractivity contribution in [2.75, 3.05) is 6.54 Å². The lowest BCUT2D eigenvalue weighted by atomic mass is 10.0. The monoisotopic (exact) mass is 263 g/mol. The molecule has 1 aromatic rings. The number of hydrogen-bond donors (Lipinski definition) is 2. The van der Waals surface area contributed by atoms with Crippen LogP contribution < -0.4 is 10.7 Å². The van der Waals surface area contributed by atoms with Gasteiger partial charge in [0.1, 0.15) is 0 Å². The van der Waals surface area contributed by atoms with Crippen molar-refractivity contribution < 1.29 is 0 Å². The summed E-state index contributed by atoms with van der Waals surface area (Å²) in [5.41, 5.74) is 4.08. The molecule has 2 N–H and O–H groups in total. The zero-order chi connectivity index (χ0) is 13.2. The van der Waals surface area contributed by atoms with E-state index in [1.807, 2.05) is 24.4 Å². The molecule has 0 spiro atoms. The zero-order valence-electron chi connectivity index (χ0n) is 11.0. The van der Waals surface area contributed by atoms with Crippen LogP contribution in [0.3, 0.4) is 0 Å². The third-order valence-corrected chi connectivity index (χ3v) is 2.84. The van der Waals surface area contributed by atoms with Crippen molar-refractivity contribution in [1.82, 2.24) is 10.7 Å². The first-order valence-electron chi connectivity index (χ1n) is 6.36. The SMILES string of the molecule is CCCCNC(=S)N/N=C\[C@H](C)c1ccccc1. The van der Waals surface area contributed by atoms with E-state index in [2.05, 4.69) is 41.8 Å². The second-order valence-corrected chi connectivity index (χ2v) is 4.61. The average Bonchev–Trinajstić information content (AvgIpc) is 2.40. The molecule has 0 aromatic heterocycles. The van der Waals surface area contributed by atoms with Crippen molar-refractivity contribution >= 4 is 23.5 Å². The molecule has 4 heteroatoms. The van der Waals surface area contributed by atoms with Gasteiger partial charge >= 0.3 is 0 Å². The van der Waals surface area contributed by atoms with Crippen molar-refractivity contribution in [3.63, 3.8) is 0 Å². The van der Waals surface area contributed by atoms with Crippen LogP contribution in [0.2, 0.25) is 0 Å². The van der Waals surface area contributed by atoms with Crippen LogP contribution >= 0.6 is 12.2 Å². The lowest BCUT2D eigenvalue weighted by Crippen LogP contribution is -2.32. The Hall–Kier alpha value is -1.42. The number of unbranched alkanes of at least 4 members (excludes halogenated alkanes) is 1. The van der Waals surface area contributed by atoms with Crippen LogP contribution in [0.1, 0.15) is 38.2 Å². The first-order chi connectivity index (χ1) is 8.74. The van der Waals surface area contributed by atoms with Gasteiger partial charge in [-0.15, -0.1) is 0 Å². The van der Waals surface area contributed by atoms with Crippen molar-refractivity contribution in [3.8, 4) is 0 Å².